The fraction of sp³-hybridized carbons (Fsp3) is 0.350. The summed E-state index contributed by atoms with van der Waals surface area (Å²) in [6.07, 6.45) is 0.744. The van der Waals surface area contributed by atoms with Crippen LogP contribution in [0.2, 0.25) is 0 Å². The Morgan fingerprint density at radius 1 is 1.30 bits per heavy atom. The number of H-pyrrole nitrogens is 1. The smallest absolute Gasteiger partial charge is 0.186 e. The topological polar surface area (TPSA) is 93.9 Å². The van der Waals surface area contributed by atoms with Crippen LogP contribution in [0.15, 0.2) is 29.8 Å². The number of rotatable bonds is 5. The summed E-state index contributed by atoms with van der Waals surface area (Å²) in [6, 6.07) is 2.96. The third-order valence-corrected chi connectivity index (χ3v) is 5.93. The van der Waals surface area contributed by atoms with Crippen molar-refractivity contribution in [2.75, 3.05) is 6.61 Å². The van der Waals surface area contributed by atoms with Gasteiger partial charge in [0.2, 0.25) is 0 Å². The van der Waals surface area contributed by atoms with Gasteiger partial charge in [0.05, 0.1) is 30.2 Å². The number of Topliss-reactive ketones (excluding diaryl/α,β-unsaturated/α-hetero) is 1. The summed E-state index contributed by atoms with van der Waals surface area (Å²) in [5.74, 6) is -1.81. The zero-order valence-corrected chi connectivity index (χ0v) is 16.6. The Bertz CT molecular complexity index is 1020. The van der Waals surface area contributed by atoms with Gasteiger partial charge in [-0.1, -0.05) is 6.07 Å². The quantitative estimate of drug-likeness (QED) is 0.594. The maximum atomic E-state index is 14.0. The number of aromatic amines is 1. The molecular formula is C20H19F3N4O2S. The van der Waals surface area contributed by atoms with Crippen molar-refractivity contribution < 1.29 is 22.7 Å². The Morgan fingerprint density at radius 3 is 2.83 bits per heavy atom. The summed E-state index contributed by atoms with van der Waals surface area (Å²) in [7, 11) is 0. The predicted molar refractivity (Wildman–Crippen MR) is 105 cm³/mol. The van der Waals surface area contributed by atoms with Crippen LogP contribution in [0.4, 0.5) is 13.2 Å². The van der Waals surface area contributed by atoms with Crippen molar-refractivity contribution in [3.05, 3.63) is 58.4 Å². The number of ketones is 1. The van der Waals surface area contributed by atoms with Crippen LogP contribution in [0.3, 0.4) is 0 Å². The first-order chi connectivity index (χ1) is 14.4. The Hall–Kier alpha value is -2.56. The largest absolute Gasteiger partial charge is 0.369 e. The van der Waals surface area contributed by atoms with Crippen molar-refractivity contribution in [2.45, 2.75) is 37.6 Å². The minimum Gasteiger partial charge on any atom is -0.369 e. The molecule has 0 aliphatic carbocycles. The van der Waals surface area contributed by atoms with Crippen LogP contribution >= 0.6 is 11.3 Å². The molecule has 0 amide bonds. The predicted octanol–water partition coefficient (Wildman–Crippen LogP) is 3.75. The van der Waals surface area contributed by atoms with E-state index in [0.717, 1.165) is 23.5 Å². The van der Waals surface area contributed by atoms with Crippen LogP contribution in [0.1, 0.15) is 40.7 Å². The number of thiazole rings is 1. The van der Waals surface area contributed by atoms with Gasteiger partial charge in [0.1, 0.15) is 28.5 Å². The lowest BCUT2D eigenvalue weighted by atomic mass is 10.0. The molecule has 1 fully saturated rings. The molecule has 0 radical (unpaired) electrons. The number of hydrogen-bond acceptors (Lipinski definition) is 6. The number of hydrogen-bond donors (Lipinski definition) is 2. The monoisotopic (exact) mass is 436 g/mol. The highest BCUT2D eigenvalue weighted by Crippen LogP contribution is 2.31. The van der Waals surface area contributed by atoms with E-state index in [1.165, 1.54) is 17.6 Å². The van der Waals surface area contributed by atoms with E-state index in [1.54, 1.807) is 0 Å². The lowest BCUT2D eigenvalue weighted by Gasteiger charge is -2.14. The number of benzene rings is 1. The molecule has 4 rings (SSSR count). The minimum absolute atomic E-state index is 0.0280. The Labute approximate surface area is 174 Å². The Morgan fingerprint density at radius 2 is 2.07 bits per heavy atom. The summed E-state index contributed by atoms with van der Waals surface area (Å²) in [5, 5.41) is 8.38. The van der Waals surface area contributed by atoms with E-state index in [0.29, 0.717) is 24.1 Å². The molecule has 3 N–H and O–H groups in total. The van der Waals surface area contributed by atoms with Crippen molar-refractivity contribution in [2.24, 2.45) is 5.73 Å². The summed E-state index contributed by atoms with van der Waals surface area (Å²) < 4.78 is 47.4. The molecule has 10 heteroatoms. The van der Waals surface area contributed by atoms with Gasteiger partial charge in [-0.25, -0.2) is 18.2 Å². The SMILES string of the molecule is N[C@H]1CC[C@H](c2[nH]ncc2CC(=O)c2csc(-c3c(F)cccc3F)n2)OC[C@@H]1F. The first-order valence-electron chi connectivity index (χ1n) is 9.40. The van der Waals surface area contributed by atoms with E-state index in [-0.39, 0.29) is 35.1 Å². The number of nitrogens with zero attached hydrogens (tertiary/aromatic N) is 2. The molecule has 3 aromatic rings. The van der Waals surface area contributed by atoms with E-state index >= 15 is 0 Å². The van der Waals surface area contributed by atoms with Gasteiger partial charge in [-0.15, -0.1) is 11.3 Å². The van der Waals surface area contributed by atoms with Gasteiger partial charge in [-0.2, -0.15) is 5.10 Å². The number of halogens is 3. The molecule has 3 atom stereocenters. The van der Waals surface area contributed by atoms with E-state index < -0.39 is 30.0 Å². The van der Waals surface area contributed by atoms with Crippen molar-refractivity contribution in [3.8, 4) is 10.6 Å². The maximum Gasteiger partial charge on any atom is 0.186 e. The van der Waals surface area contributed by atoms with Crippen LogP contribution in [0.25, 0.3) is 10.6 Å². The summed E-state index contributed by atoms with van der Waals surface area (Å²) in [4.78, 5) is 16.8. The summed E-state index contributed by atoms with van der Waals surface area (Å²) in [6.45, 7) is -0.123. The van der Waals surface area contributed by atoms with Crippen LogP contribution in [-0.2, 0) is 11.2 Å². The Balaban J connectivity index is 1.51. The Kier molecular flexibility index (Phi) is 5.98. The highest BCUT2D eigenvalue weighted by Gasteiger charge is 2.29. The molecule has 2 aromatic heterocycles. The summed E-state index contributed by atoms with van der Waals surface area (Å²) >= 11 is 0.992. The normalized spacial score (nSPS) is 22.1. The molecule has 1 aliphatic heterocycles. The van der Waals surface area contributed by atoms with Crippen molar-refractivity contribution in [1.29, 1.82) is 0 Å². The molecule has 6 nitrogen and oxygen atoms in total. The number of nitrogens with one attached hydrogen (secondary N) is 1. The first-order valence-corrected chi connectivity index (χ1v) is 10.3. The molecule has 158 valence electrons. The number of nitrogens with two attached hydrogens (primary N) is 1. The fourth-order valence-electron chi connectivity index (χ4n) is 3.39. The van der Waals surface area contributed by atoms with Gasteiger partial charge in [0, 0.05) is 23.4 Å². The summed E-state index contributed by atoms with van der Waals surface area (Å²) in [5.41, 5.74) is 6.82. The second-order valence-electron chi connectivity index (χ2n) is 7.12. The lowest BCUT2D eigenvalue weighted by molar-refractivity contribution is 0.0259. The number of aromatic nitrogens is 3. The molecule has 1 aromatic carbocycles. The zero-order valence-electron chi connectivity index (χ0n) is 15.8. The van der Waals surface area contributed by atoms with E-state index in [9.17, 15) is 18.0 Å². The molecule has 3 heterocycles. The lowest BCUT2D eigenvalue weighted by Crippen LogP contribution is -2.32. The zero-order chi connectivity index (χ0) is 21.3. The van der Waals surface area contributed by atoms with Crippen molar-refractivity contribution in [1.82, 2.24) is 15.2 Å². The molecule has 0 spiro atoms. The highest BCUT2D eigenvalue weighted by atomic mass is 32.1. The van der Waals surface area contributed by atoms with Gasteiger partial charge in [-0.3, -0.25) is 9.89 Å². The van der Waals surface area contributed by atoms with Crippen molar-refractivity contribution >= 4 is 17.1 Å². The maximum absolute atomic E-state index is 14.0. The number of ether oxygens (including phenoxy) is 1. The van der Waals surface area contributed by atoms with Gasteiger partial charge < -0.3 is 10.5 Å². The van der Waals surface area contributed by atoms with Crippen LogP contribution in [-0.4, -0.2) is 39.8 Å². The third-order valence-electron chi connectivity index (χ3n) is 5.07. The molecule has 1 aliphatic rings. The first kappa shape index (κ1) is 20.7. The number of carbonyl (C=O) groups excluding carboxylic acids is 1. The number of carbonyl (C=O) groups is 1. The molecular weight excluding hydrogens is 417 g/mol. The molecule has 1 saturated heterocycles. The van der Waals surface area contributed by atoms with Crippen LogP contribution in [0, 0.1) is 11.6 Å². The van der Waals surface area contributed by atoms with Gasteiger partial charge >= 0.3 is 0 Å². The van der Waals surface area contributed by atoms with Crippen LogP contribution in [0.5, 0.6) is 0 Å². The van der Waals surface area contributed by atoms with Gasteiger partial charge in [-0.05, 0) is 25.0 Å². The van der Waals surface area contributed by atoms with E-state index in [4.69, 9.17) is 10.5 Å². The van der Waals surface area contributed by atoms with Gasteiger partial charge in [0.15, 0.2) is 5.78 Å². The molecule has 0 bridgehead atoms. The minimum atomic E-state index is -1.24. The third kappa shape index (κ3) is 4.16. The molecule has 0 saturated carbocycles. The number of alkyl halides is 1. The second kappa shape index (κ2) is 8.66. The average molecular weight is 436 g/mol. The average Bonchev–Trinajstić information content (AvgIpc) is 3.34. The van der Waals surface area contributed by atoms with Crippen LogP contribution < -0.4 is 5.73 Å². The fourth-order valence-corrected chi connectivity index (χ4v) is 4.26. The standard InChI is InChI=1S/C20H19F3N4O2S/c21-11-2-1-3-12(22)18(11)20-26-15(9-30-20)16(28)6-10-7-25-27-19(10)17-5-4-14(24)13(23)8-29-17/h1-3,7,9,13-14,17H,4-6,8,24H2,(H,25,27)/t13-,14-,17+/m0/s1. The molecule has 30 heavy (non-hydrogen) atoms. The van der Waals surface area contributed by atoms with Gasteiger partial charge in [0.25, 0.3) is 0 Å². The second-order valence-corrected chi connectivity index (χ2v) is 7.98. The van der Waals surface area contributed by atoms with E-state index in [2.05, 4.69) is 15.2 Å². The van der Waals surface area contributed by atoms with E-state index in [1.807, 2.05) is 0 Å². The molecule has 0 unspecified atom stereocenters. The highest BCUT2D eigenvalue weighted by molar-refractivity contribution is 7.13. The van der Waals surface area contributed by atoms with Crippen molar-refractivity contribution in [3.63, 3.8) is 0 Å².